The minimum absolute atomic E-state index is 0.0931. The second-order valence-electron chi connectivity index (χ2n) is 9.22. The Hall–Kier alpha value is -3.93. The van der Waals surface area contributed by atoms with Gasteiger partial charge in [-0.05, 0) is 37.1 Å². The van der Waals surface area contributed by atoms with Crippen molar-refractivity contribution in [1.82, 2.24) is 14.8 Å². The summed E-state index contributed by atoms with van der Waals surface area (Å²) in [5.74, 6) is 0.758. The number of rotatable bonds is 9. The van der Waals surface area contributed by atoms with E-state index in [0.29, 0.717) is 27.0 Å². The van der Waals surface area contributed by atoms with E-state index in [4.69, 9.17) is 9.47 Å². The number of carbonyl (C=O) groups is 2. The van der Waals surface area contributed by atoms with Gasteiger partial charge in [-0.1, -0.05) is 53.7 Å². The molecule has 8 nitrogen and oxygen atoms in total. The average Bonchev–Trinajstić information content (AvgIpc) is 3.68. The molecule has 0 aliphatic carbocycles. The molecule has 0 fully saturated rings. The van der Waals surface area contributed by atoms with Gasteiger partial charge in [-0.15, -0.1) is 32.9 Å². The summed E-state index contributed by atoms with van der Waals surface area (Å²) in [6, 6.07) is 15.8. The zero-order valence-electron chi connectivity index (χ0n) is 23.2. The molecule has 11 heteroatoms. The van der Waals surface area contributed by atoms with E-state index in [9.17, 15) is 9.59 Å². The predicted molar refractivity (Wildman–Crippen MR) is 166 cm³/mol. The first-order valence-electron chi connectivity index (χ1n) is 12.6. The summed E-state index contributed by atoms with van der Waals surface area (Å²) in [5, 5.41) is 16.7. The van der Waals surface area contributed by atoms with E-state index >= 15 is 0 Å². The number of nitrogens with one attached hydrogen (secondary N) is 1. The van der Waals surface area contributed by atoms with Gasteiger partial charge in [0.2, 0.25) is 5.91 Å². The van der Waals surface area contributed by atoms with Crippen LogP contribution in [-0.4, -0.2) is 46.6 Å². The number of thiophene rings is 2. The molecule has 0 unspecified atom stereocenters. The van der Waals surface area contributed by atoms with Gasteiger partial charge in [-0.3, -0.25) is 4.79 Å². The zero-order valence-corrected chi connectivity index (χ0v) is 25.6. The number of benzene rings is 2. The molecule has 210 valence electrons. The minimum Gasteiger partial charge on any atom is -0.497 e. The number of aromatic nitrogens is 3. The van der Waals surface area contributed by atoms with Crippen molar-refractivity contribution in [1.29, 1.82) is 0 Å². The van der Waals surface area contributed by atoms with Crippen LogP contribution in [-0.2, 0) is 16.6 Å². The Kier molecular flexibility index (Phi) is 8.57. The second kappa shape index (κ2) is 12.3. The molecule has 0 saturated carbocycles. The molecule has 3 aromatic heterocycles. The molecule has 0 bridgehead atoms. The maximum absolute atomic E-state index is 13.0. The maximum Gasteiger partial charge on any atom is 0.341 e. The lowest BCUT2D eigenvalue weighted by atomic mass is 10.0. The number of aryl methyl sites for hydroxylation is 2. The number of hydrogen-bond acceptors (Lipinski definition) is 9. The summed E-state index contributed by atoms with van der Waals surface area (Å²) in [5.41, 5.74) is 6.30. The Bertz CT molecular complexity index is 1700. The monoisotopic (exact) mass is 604 g/mol. The van der Waals surface area contributed by atoms with Crippen molar-refractivity contribution in [3.05, 3.63) is 75.3 Å². The van der Waals surface area contributed by atoms with Crippen molar-refractivity contribution >= 4 is 51.3 Å². The Morgan fingerprint density at radius 3 is 2.29 bits per heavy atom. The summed E-state index contributed by atoms with van der Waals surface area (Å²) in [4.78, 5) is 26.9. The Morgan fingerprint density at radius 1 is 0.927 bits per heavy atom. The van der Waals surface area contributed by atoms with Crippen LogP contribution in [0.1, 0.15) is 20.8 Å². The van der Waals surface area contributed by atoms with Crippen molar-refractivity contribution < 1.29 is 19.1 Å². The van der Waals surface area contributed by atoms with Gasteiger partial charge in [0.15, 0.2) is 11.0 Å². The first kappa shape index (κ1) is 28.6. The maximum atomic E-state index is 13.0. The number of nitrogens with zero attached hydrogens (tertiary/aromatic N) is 3. The van der Waals surface area contributed by atoms with Gasteiger partial charge < -0.3 is 19.4 Å². The topological polar surface area (TPSA) is 95.3 Å². The largest absolute Gasteiger partial charge is 0.497 e. The lowest BCUT2D eigenvalue weighted by Crippen LogP contribution is -2.16. The van der Waals surface area contributed by atoms with Gasteiger partial charge in [0.25, 0.3) is 0 Å². The van der Waals surface area contributed by atoms with Crippen LogP contribution in [0.25, 0.3) is 33.6 Å². The highest BCUT2D eigenvalue weighted by molar-refractivity contribution is 7.99. The summed E-state index contributed by atoms with van der Waals surface area (Å²) >= 11 is 4.23. The van der Waals surface area contributed by atoms with Gasteiger partial charge in [-0.25, -0.2) is 4.79 Å². The summed E-state index contributed by atoms with van der Waals surface area (Å²) in [6.45, 7) is 4.18. The molecule has 41 heavy (non-hydrogen) atoms. The van der Waals surface area contributed by atoms with E-state index < -0.39 is 5.97 Å². The molecule has 0 atom stereocenters. The number of methoxy groups -OCH3 is 2. The normalized spacial score (nSPS) is 11.0. The number of anilines is 1. The molecule has 2 aromatic carbocycles. The SMILES string of the molecule is COC(=O)c1c(-c2ccc(OC)cc2)csc1NC(=O)CSc1nnc(-c2csc(C)c2-c2ccc(C)cc2)n1C. The molecule has 5 rings (SSSR count). The summed E-state index contributed by atoms with van der Waals surface area (Å²) < 4.78 is 12.2. The molecule has 1 amide bonds. The van der Waals surface area contributed by atoms with E-state index in [1.54, 1.807) is 18.4 Å². The third-order valence-corrected chi connectivity index (χ3v) is 9.38. The number of ether oxygens (including phenoxy) is 2. The number of hydrogen-bond donors (Lipinski definition) is 1. The van der Waals surface area contributed by atoms with Crippen LogP contribution < -0.4 is 10.1 Å². The van der Waals surface area contributed by atoms with Crippen molar-refractivity contribution in [3.8, 4) is 39.4 Å². The fourth-order valence-electron chi connectivity index (χ4n) is 4.40. The summed E-state index contributed by atoms with van der Waals surface area (Å²) in [6.07, 6.45) is 0. The minimum atomic E-state index is -0.520. The molecule has 0 spiro atoms. The third kappa shape index (κ3) is 5.92. The number of amides is 1. The Balaban J connectivity index is 1.32. The van der Waals surface area contributed by atoms with Crippen LogP contribution in [0.15, 0.2) is 64.4 Å². The van der Waals surface area contributed by atoms with Crippen LogP contribution in [0.4, 0.5) is 5.00 Å². The number of esters is 1. The molecule has 0 aliphatic heterocycles. The second-order valence-corrected chi connectivity index (χ2v) is 12.1. The molecule has 5 aromatic rings. The molecule has 3 heterocycles. The van der Waals surface area contributed by atoms with Gasteiger partial charge in [0.1, 0.15) is 16.3 Å². The first-order valence-corrected chi connectivity index (χ1v) is 15.4. The standard InChI is InChI=1S/C30H28N4O4S3/c1-17-6-8-20(9-7-17)25-18(2)39-15-23(25)27-32-33-30(34(27)3)41-16-24(35)31-28-26(29(36)38-5)22(14-40-28)19-10-12-21(37-4)13-11-19/h6-15H,16H2,1-5H3,(H,31,35). The van der Waals surface area contributed by atoms with Gasteiger partial charge in [-0.2, -0.15) is 0 Å². The highest BCUT2D eigenvalue weighted by atomic mass is 32.2. The Labute approximate surface area is 250 Å². The van der Waals surface area contributed by atoms with Gasteiger partial charge in [0, 0.05) is 39.4 Å². The lowest BCUT2D eigenvalue weighted by Gasteiger charge is -2.09. The van der Waals surface area contributed by atoms with Gasteiger partial charge in [0.05, 0.1) is 20.0 Å². The molecule has 0 aliphatic rings. The van der Waals surface area contributed by atoms with E-state index in [1.165, 1.54) is 40.6 Å². The molecular weight excluding hydrogens is 577 g/mol. The van der Waals surface area contributed by atoms with Crippen LogP contribution in [0.3, 0.4) is 0 Å². The molecule has 0 radical (unpaired) electrons. The van der Waals surface area contributed by atoms with Crippen molar-refractivity contribution in [2.75, 3.05) is 25.3 Å². The highest BCUT2D eigenvalue weighted by Gasteiger charge is 2.23. The first-order chi connectivity index (χ1) is 19.8. The van der Waals surface area contributed by atoms with Gasteiger partial charge >= 0.3 is 5.97 Å². The van der Waals surface area contributed by atoms with Crippen molar-refractivity contribution in [3.63, 3.8) is 0 Å². The number of carbonyl (C=O) groups excluding carboxylic acids is 2. The average molecular weight is 605 g/mol. The van der Waals surface area contributed by atoms with Crippen molar-refractivity contribution in [2.45, 2.75) is 19.0 Å². The third-order valence-electron chi connectivity index (χ3n) is 6.56. The van der Waals surface area contributed by atoms with E-state index in [-0.39, 0.29) is 11.7 Å². The van der Waals surface area contributed by atoms with Crippen LogP contribution >= 0.6 is 34.4 Å². The molecule has 1 N–H and O–H groups in total. The predicted octanol–water partition coefficient (Wildman–Crippen LogP) is 7.08. The van der Waals surface area contributed by atoms with Crippen LogP contribution in [0.2, 0.25) is 0 Å². The van der Waals surface area contributed by atoms with E-state index in [2.05, 4.69) is 59.0 Å². The quantitative estimate of drug-likeness (QED) is 0.142. The number of thioether (sulfide) groups is 1. The smallest absolute Gasteiger partial charge is 0.341 e. The zero-order chi connectivity index (χ0) is 29.1. The fraction of sp³-hybridized carbons (Fsp3) is 0.200. The Morgan fingerprint density at radius 2 is 1.61 bits per heavy atom. The summed E-state index contributed by atoms with van der Waals surface area (Å²) in [7, 11) is 4.82. The van der Waals surface area contributed by atoms with E-state index in [1.807, 2.05) is 41.3 Å². The van der Waals surface area contributed by atoms with Crippen LogP contribution in [0.5, 0.6) is 5.75 Å². The van der Waals surface area contributed by atoms with E-state index in [0.717, 1.165) is 28.1 Å². The molecule has 0 saturated heterocycles. The highest BCUT2D eigenvalue weighted by Crippen LogP contribution is 2.39. The van der Waals surface area contributed by atoms with Crippen molar-refractivity contribution in [2.24, 2.45) is 7.05 Å². The lowest BCUT2D eigenvalue weighted by molar-refractivity contribution is -0.113. The molecular formula is C30H28N4O4S3. The fourth-order valence-corrected chi connectivity index (χ4v) is 6.95. The van der Waals surface area contributed by atoms with Crippen LogP contribution in [0, 0.1) is 13.8 Å².